The third-order valence-corrected chi connectivity index (χ3v) is 7.60. The average molecular weight is 588 g/mol. The highest BCUT2D eigenvalue weighted by atomic mass is 16.5. The minimum absolute atomic E-state index is 0.0342. The fourth-order valence-electron chi connectivity index (χ4n) is 5.32. The summed E-state index contributed by atoms with van der Waals surface area (Å²) in [4.78, 5) is 42.2. The Morgan fingerprint density at radius 3 is 2.37 bits per heavy atom. The lowest BCUT2D eigenvalue weighted by Gasteiger charge is -2.33. The second kappa shape index (κ2) is 12.5. The number of primary amides is 1. The molecular weight excluding hydrogens is 554 g/mol. The summed E-state index contributed by atoms with van der Waals surface area (Å²) in [7, 11) is 3.42. The number of likely N-dealkylation sites (N-methyl/N-ethyl adjacent to an activating group) is 1. The number of hydrogen-bond donors (Lipinski definition) is 3. The van der Waals surface area contributed by atoms with Crippen molar-refractivity contribution in [1.82, 2.24) is 9.80 Å². The van der Waals surface area contributed by atoms with Crippen LogP contribution in [-0.2, 0) is 9.59 Å². The van der Waals surface area contributed by atoms with Crippen molar-refractivity contribution in [2.24, 2.45) is 5.73 Å². The number of fused-ring (bicyclic) bond motifs is 1. The van der Waals surface area contributed by atoms with Gasteiger partial charge in [0.05, 0.1) is 7.11 Å². The summed E-state index contributed by atoms with van der Waals surface area (Å²) >= 11 is 0. The first-order valence-electron chi connectivity index (χ1n) is 13.8. The van der Waals surface area contributed by atoms with Crippen LogP contribution in [0.5, 0.6) is 23.0 Å². The minimum Gasteiger partial charge on any atom is -0.507 e. The summed E-state index contributed by atoms with van der Waals surface area (Å²) in [5.41, 5.74) is 6.03. The number of amides is 2. The third-order valence-electron chi connectivity index (χ3n) is 7.60. The fourth-order valence-corrected chi connectivity index (χ4v) is 5.32. The van der Waals surface area contributed by atoms with Crippen molar-refractivity contribution in [3.63, 3.8) is 0 Å². The van der Waals surface area contributed by atoms with Gasteiger partial charge in [0.15, 0.2) is 23.5 Å². The zero-order chi connectivity index (χ0) is 30.7. The third kappa shape index (κ3) is 6.26. The minimum atomic E-state index is -0.830. The molecule has 1 aromatic heterocycles. The predicted octanol–water partition coefficient (Wildman–Crippen LogP) is 3.04. The van der Waals surface area contributed by atoms with Crippen molar-refractivity contribution < 1.29 is 33.7 Å². The summed E-state index contributed by atoms with van der Waals surface area (Å²) < 4.78 is 17.3. The first-order valence-corrected chi connectivity index (χ1v) is 13.8. The lowest BCUT2D eigenvalue weighted by molar-refractivity contribution is -0.133. The van der Waals surface area contributed by atoms with Crippen LogP contribution in [0.1, 0.15) is 23.5 Å². The topological polar surface area (TPSA) is 156 Å². The number of carbonyl (C=O) groups excluding carboxylic acids is 2. The molecule has 5 rings (SSSR count). The number of hydrogen-bond acceptors (Lipinski definition) is 9. The summed E-state index contributed by atoms with van der Waals surface area (Å²) in [6, 6.07) is 16.2. The molecule has 224 valence electrons. The van der Waals surface area contributed by atoms with Gasteiger partial charge in [-0.15, -0.1) is 0 Å². The van der Waals surface area contributed by atoms with E-state index >= 15 is 0 Å². The Kier molecular flexibility index (Phi) is 8.53. The highest BCUT2D eigenvalue weighted by molar-refractivity contribution is 5.91. The summed E-state index contributed by atoms with van der Waals surface area (Å²) in [5, 5.41) is 21.9. The Labute approximate surface area is 247 Å². The molecule has 0 spiro atoms. The molecule has 43 heavy (non-hydrogen) atoms. The number of methoxy groups -OCH3 is 1. The largest absolute Gasteiger partial charge is 0.507 e. The van der Waals surface area contributed by atoms with Gasteiger partial charge in [-0.1, -0.05) is 36.4 Å². The number of benzene rings is 3. The maximum absolute atomic E-state index is 13.7. The Balaban J connectivity index is 1.69. The Morgan fingerprint density at radius 2 is 1.70 bits per heavy atom. The molecule has 1 saturated heterocycles. The van der Waals surface area contributed by atoms with Crippen LogP contribution in [0.15, 0.2) is 69.9 Å². The van der Waals surface area contributed by atoms with E-state index in [-0.39, 0.29) is 58.5 Å². The van der Waals surface area contributed by atoms with Gasteiger partial charge in [0.1, 0.15) is 28.2 Å². The first-order chi connectivity index (χ1) is 20.7. The molecule has 1 aliphatic heterocycles. The number of nitrogens with zero attached hydrogens (tertiary/aromatic N) is 2. The molecule has 0 saturated carbocycles. The molecule has 1 aliphatic rings. The quantitative estimate of drug-likeness (QED) is 0.268. The van der Waals surface area contributed by atoms with E-state index in [4.69, 9.17) is 19.6 Å². The van der Waals surface area contributed by atoms with E-state index in [0.29, 0.717) is 24.2 Å². The van der Waals surface area contributed by atoms with Crippen LogP contribution < -0.4 is 20.6 Å². The number of ether oxygens (including phenoxy) is 2. The number of aromatic hydroxyl groups is 2. The fraction of sp³-hybridized carbons (Fsp3) is 0.281. The van der Waals surface area contributed by atoms with E-state index in [2.05, 4.69) is 4.90 Å². The smallest absolute Gasteiger partial charge is 0.255 e. The summed E-state index contributed by atoms with van der Waals surface area (Å²) in [6.45, 7) is 2.16. The van der Waals surface area contributed by atoms with E-state index in [9.17, 15) is 24.6 Å². The lowest BCUT2D eigenvalue weighted by atomic mass is 9.85. The standard InChI is InChI=1S/C32H33N3O8/c1-34-10-12-35(13-11-34)29(40)15-21(20-8-9-25(27(14-20)41-2)42-18-28(33)39)30-22(36)16-23(37)31-24(38)17-26(43-32(30)31)19-6-4-3-5-7-19/h3-9,14,16-17,21,36-37H,10-13,15,18H2,1-2H3,(H2,33,39)/t21-/m0/s1. The summed E-state index contributed by atoms with van der Waals surface area (Å²) in [5.74, 6) is -1.68. The van der Waals surface area contributed by atoms with Gasteiger partial charge in [-0.05, 0) is 24.7 Å². The normalized spacial score (nSPS) is 14.4. The molecule has 1 atom stereocenters. The van der Waals surface area contributed by atoms with E-state index in [1.165, 1.54) is 13.2 Å². The summed E-state index contributed by atoms with van der Waals surface area (Å²) in [6.07, 6.45) is -0.0823. The zero-order valence-corrected chi connectivity index (χ0v) is 23.9. The molecule has 2 amide bonds. The molecule has 0 unspecified atom stereocenters. The van der Waals surface area contributed by atoms with E-state index in [0.717, 1.165) is 19.2 Å². The van der Waals surface area contributed by atoms with Crippen LogP contribution in [0.2, 0.25) is 0 Å². The second-order valence-electron chi connectivity index (χ2n) is 10.5. The molecule has 11 heteroatoms. The Hall–Kier alpha value is -5.03. The molecule has 2 heterocycles. The van der Waals surface area contributed by atoms with Gasteiger partial charge in [-0.3, -0.25) is 14.4 Å². The molecule has 1 fully saturated rings. The first kappa shape index (κ1) is 29.5. The lowest BCUT2D eigenvalue weighted by Crippen LogP contribution is -2.47. The number of phenols is 2. The van der Waals surface area contributed by atoms with Crippen LogP contribution in [0, 0.1) is 0 Å². The van der Waals surface area contributed by atoms with Gasteiger partial charge < -0.3 is 39.6 Å². The van der Waals surface area contributed by atoms with Gasteiger partial charge in [0.25, 0.3) is 5.91 Å². The van der Waals surface area contributed by atoms with Crippen LogP contribution in [0.3, 0.4) is 0 Å². The number of carbonyl (C=O) groups is 2. The molecule has 4 aromatic rings. The second-order valence-corrected chi connectivity index (χ2v) is 10.5. The van der Waals surface area contributed by atoms with Crippen molar-refractivity contribution in [2.45, 2.75) is 12.3 Å². The van der Waals surface area contributed by atoms with Crippen molar-refractivity contribution in [3.05, 3.63) is 82.0 Å². The molecule has 0 radical (unpaired) electrons. The highest BCUT2D eigenvalue weighted by Gasteiger charge is 2.31. The number of rotatable bonds is 9. The van der Waals surface area contributed by atoms with Crippen molar-refractivity contribution in [2.75, 3.05) is 46.9 Å². The predicted molar refractivity (Wildman–Crippen MR) is 159 cm³/mol. The van der Waals surface area contributed by atoms with Gasteiger partial charge in [-0.2, -0.15) is 0 Å². The van der Waals surface area contributed by atoms with Crippen molar-refractivity contribution in [3.8, 4) is 34.3 Å². The van der Waals surface area contributed by atoms with Gasteiger partial charge in [-0.25, -0.2) is 0 Å². The molecule has 0 aliphatic carbocycles. The SMILES string of the molecule is COc1cc([C@H](CC(=O)N2CCN(C)CC2)c2c(O)cc(O)c3c(=O)cc(-c4ccccc4)oc23)ccc1OCC(N)=O. The van der Waals surface area contributed by atoms with Gasteiger partial charge in [0.2, 0.25) is 5.91 Å². The molecule has 0 bridgehead atoms. The number of nitrogens with two attached hydrogens (primary N) is 1. The molecule has 4 N–H and O–H groups in total. The van der Waals surface area contributed by atoms with E-state index in [1.54, 1.807) is 47.4 Å². The van der Waals surface area contributed by atoms with Crippen LogP contribution in [0.4, 0.5) is 0 Å². The molecular formula is C32H33N3O8. The zero-order valence-electron chi connectivity index (χ0n) is 23.9. The monoisotopic (exact) mass is 587 g/mol. The Bertz CT molecular complexity index is 1710. The van der Waals surface area contributed by atoms with Crippen LogP contribution >= 0.6 is 0 Å². The maximum Gasteiger partial charge on any atom is 0.255 e. The van der Waals surface area contributed by atoms with Gasteiger partial charge >= 0.3 is 0 Å². The van der Waals surface area contributed by atoms with E-state index < -0.39 is 23.0 Å². The van der Waals surface area contributed by atoms with Crippen LogP contribution in [-0.4, -0.2) is 78.8 Å². The number of piperazine rings is 1. The molecule has 11 nitrogen and oxygen atoms in total. The highest BCUT2D eigenvalue weighted by Crippen LogP contribution is 2.44. The average Bonchev–Trinajstić information content (AvgIpc) is 2.99. The van der Waals surface area contributed by atoms with Crippen molar-refractivity contribution >= 4 is 22.8 Å². The van der Waals surface area contributed by atoms with Crippen LogP contribution in [0.25, 0.3) is 22.3 Å². The van der Waals surface area contributed by atoms with E-state index in [1.807, 2.05) is 13.1 Å². The van der Waals surface area contributed by atoms with Gasteiger partial charge in [0, 0.05) is 61.8 Å². The maximum atomic E-state index is 13.7. The van der Waals surface area contributed by atoms with Crippen molar-refractivity contribution in [1.29, 1.82) is 0 Å². The molecule has 3 aromatic carbocycles. The Morgan fingerprint density at radius 1 is 0.977 bits per heavy atom. The number of phenolic OH excluding ortho intramolecular Hbond substituents is 2.